The zero-order valence-electron chi connectivity index (χ0n) is 20.3. The highest BCUT2D eigenvalue weighted by Gasteiger charge is 2.51. The summed E-state index contributed by atoms with van der Waals surface area (Å²) in [4.78, 5) is 25.7. The summed E-state index contributed by atoms with van der Waals surface area (Å²) in [5.41, 5.74) is 4.77. The molecule has 1 aliphatic carbocycles. The number of nitrogens with one attached hydrogen (secondary N) is 2. The lowest BCUT2D eigenvalue weighted by Gasteiger charge is -2.17. The second-order valence-corrected chi connectivity index (χ2v) is 9.40. The maximum absolute atomic E-state index is 13.3. The van der Waals surface area contributed by atoms with Gasteiger partial charge in [-0.3, -0.25) is 9.59 Å². The number of carbonyl (C=O) groups is 2. The standard InChI is InChI=1S/C29H30N2O5.2H2/c1-19-4-10-23(17-24(19)20-5-7-21(8-6-20)27(33)30-14-2-3-15-32)31-28(34)29(12-13-29)22-9-11-25-26(16-22)36-18-35-25;;/h4-11,16-17,32H,2-3,12-15,18H2,1H3,(H,30,33)(H,31,34);2*1H. The van der Waals surface area contributed by atoms with Gasteiger partial charge in [0.1, 0.15) is 0 Å². The first kappa shape index (κ1) is 23.9. The summed E-state index contributed by atoms with van der Waals surface area (Å²) in [5, 5.41) is 14.8. The number of ether oxygens (including phenoxy) is 2. The van der Waals surface area contributed by atoms with Crippen molar-refractivity contribution in [1.29, 1.82) is 0 Å². The van der Waals surface area contributed by atoms with E-state index in [1.807, 2.05) is 55.5 Å². The minimum Gasteiger partial charge on any atom is -0.454 e. The van der Waals surface area contributed by atoms with Crippen LogP contribution in [0.5, 0.6) is 11.5 Å². The molecule has 190 valence electrons. The normalized spacial score (nSPS) is 14.8. The second kappa shape index (κ2) is 10.0. The lowest BCUT2D eigenvalue weighted by molar-refractivity contribution is -0.118. The van der Waals surface area contributed by atoms with Crippen LogP contribution in [0.3, 0.4) is 0 Å². The Labute approximate surface area is 213 Å². The molecule has 0 spiro atoms. The average Bonchev–Trinajstić information content (AvgIpc) is 3.58. The molecule has 1 fully saturated rings. The fourth-order valence-corrected chi connectivity index (χ4v) is 4.57. The van der Waals surface area contributed by atoms with Crippen LogP contribution in [-0.4, -0.2) is 36.9 Å². The molecular formula is C29H34N2O5. The molecular weight excluding hydrogens is 456 g/mol. The molecule has 1 aliphatic heterocycles. The molecule has 0 radical (unpaired) electrons. The van der Waals surface area contributed by atoms with E-state index in [1.54, 1.807) is 12.1 Å². The third-order valence-electron chi connectivity index (χ3n) is 6.93. The highest BCUT2D eigenvalue weighted by Crippen LogP contribution is 2.51. The topological polar surface area (TPSA) is 96.9 Å². The Morgan fingerprint density at radius 3 is 2.50 bits per heavy atom. The smallest absolute Gasteiger partial charge is 0.251 e. The van der Waals surface area contributed by atoms with E-state index in [4.69, 9.17) is 14.6 Å². The van der Waals surface area contributed by atoms with Gasteiger partial charge >= 0.3 is 0 Å². The van der Waals surface area contributed by atoms with Crippen molar-refractivity contribution in [1.82, 2.24) is 5.32 Å². The largest absolute Gasteiger partial charge is 0.454 e. The van der Waals surface area contributed by atoms with E-state index in [1.165, 1.54) is 0 Å². The van der Waals surface area contributed by atoms with Gasteiger partial charge in [0, 0.05) is 27.3 Å². The maximum Gasteiger partial charge on any atom is 0.251 e. The molecule has 0 bridgehead atoms. The van der Waals surface area contributed by atoms with Gasteiger partial charge in [-0.05, 0) is 91.3 Å². The number of amides is 2. The van der Waals surface area contributed by atoms with Gasteiger partial charge in [-0.15, -0.1) is 0 Å². The highest BCUT2D eigenvalue weighted by atomic mass is 16.7. The summed E-state index contributed by atoms with van der Waals surface area (Å²) in [6, 6.07) is 19.1. The molecule has 0 unspecified atom stereocenters. The molecule has 2 aliphatic rings. The predicted molar refractivity (Wildman–Crippen MR) is 142 cm³/mol. The van der Waals surface area contributed by atoms with E-state index >= 15 is 0 Å². The Hall–Kier alpha value is -3.84. The number of hydrogen-bond donors (Lipinski definition) is 3. The zero-order chi connectivity index (χ0) is 25.1. The fraction of sp³-hybridized carbons (Fsp3) is 0.310. The minimum absolute atomic E-state index is 0. The van der Waals surface area contributed by atoms with Crippen LogP contribution in [0.2, 0.25) is 0 Å². The summed E-state index contributed by atoms with van der Waals surface area (Å²) in [6.07, 6.45) is 3.00. The zero-order valence-corrected chi connectivity index (χ0v) is 20.3. The monoisotopic (exact) mass is 490 g/mol. The first-order chi connectivity index (χ1) is 17.5. The molecule has 0 aromatic heterocycles. The first-order valence-electron chi connectivity index (χ1n) is 12.3. The van der Waals surface area contributed by atoms with Gasteiger partial charge < -0.3 is 25.2 Å². The number of anilines is 1. The molecule has 2 amide bonds. The molecule has 0 saturated heterocycles. The summed E-state index contributed by atoms with van der Waals surface area (Å²) in [5.74, 6) is 1.25. The van der Waals surface area contributed by atoms with Crippen LogP contribution >= 0.6 is 0 Å². The number of benzene rings is 3. The number of aliphatic hydroxyl groups excluding tert-OH is 1. The van der Waals surface area contributed by atoms with Crippen molar-refractivity contribution in [3.8, 4) is 22.6 Å². The number of unbranched alkanes of at least 4 members (excludes halogenated alkanes) is 1. The third-order valence-corrected chi connectivity index (χ3v) is 6.93. The van der Waals surface area contributed by atoms with Crippen LogP contribution < -0.4 is 20.1 Å². The van der Waals surface area contributed by atoms with Crippen LogP contribution in [0.25, 0.3) is 11.1 Å². The Kier molecular flexibility index (Phi) is 6.65. The van der Waals surface area contributed by atoms with Crippen LogP contribution in [0.1, 0.15) is 50.0 Å². The average molecular weight is 491 g/mol. The first-order valence-corrected chi connectivity index (χ1v) is 12.3. The molecule has 7 nitrogen and oxygen atoms in total. The van der Waals surface area contributed by atoms with E-state index < -0.39 is 5.41 Å². The lowest BCUT2D eigenvalue weighted by atomic mass is 9.94. The van der Waals surface area contributed by atoms with Gasteiger partial charge in [-0.1, -0.05) is 24.3 Å². The van der Waals surface area contributed by atoms with Crippen molar-refractivity contribution in [3.05, 3.63) is 77.4 Å². The van der Waals surface area contributed by atoms with Crippen molar-refractivity contribution in [2.24, 2.45) is 0 Å². The predicted octanol–water partition coefficient (Wildman–Crippen LogP) is 5.06. The van der Waals surface area contributed by atoms with E-state index in [9.17, 15) is 9.59 Å². The third kappa shape index (κ3) is 4.79. The quantitative estimate of drug-likeness (QED) is 0.365. The van der Waals surface area contributed by atoms with Crippen LogP contribution in [0, 0.1) is 6.92 Å². The number of aryl methyl sites for hydroxylation is 1. The van der Waals surface area contributed by atoms with Crippen molar-refractivity contribution in [3.63, 3.8) is 0 Å². The Morgan fingerprint density at radius 1 is 0.972 bits per heavy atom. The van der Waals surface area contributed by atoms with E-state index in [0.717, 1.165) is 47.2 Å². The summed E-state index contributed by atoms with van der Waals surface area (Å²) < 4.78 is 10.9. The van der Waals surface area contributed by atoms with Gasteiger partial charge in [0.05, 0.1) is 5.41 Å². The van der Waals surface area contributed by atoms with Gasteiger partial charge in [0.25, 0.3) is 5.91 Å². The number of rotatable bonds is 9. The highest BCUT2D eigenvalue weighted by molar-refractivity contribution is 6.02. The van der Waals surface area contributed by atoms with Crippen LogP contribution in [0.4, 0.5) is 5.69 Å². The number of hydrogen-bond acceptors (Lipinski definition) is 5. The van der Waals surface area contributed by atoms with E-state index in [2.05, 4.69) is 10.6 Å². The van der Waals surface area contributed by atoms with Crippen LogP contribution in [0.15, 0.2) is 60.7 Å². The van der Waals surface area contributed by atoms with Crippen molar-refractivity contribution in [2.45, 2.75) is 38.0 Å². The second-order valence-electron chi connectivity index (χ2n) is 9.40. The molecule has 1 heterocycles. The molecule has 36 heavy (non-hydrogen) atoms. The summed E-state index contributed by atoms with van der Waals surface area (Å²) in [6.45, 7) is 2.90. The fourth-order valence-electron chi connectivity index (χ4n) is 4.57. The van der Waals surface area contributed by atoms with Gasteiger partial charge in [0.15, 0.2) is 11.5 Å². The van der Waals surface area contributed by atoms with E-state index in [-0.39, 0.29) is 28.1 Å². The molecule has 3 N–H and O–H groups in total. The molecule has 7 heteroatoms. The Bertz CT molecular complexity index is 1290. The van der Waals surface area contributed by atoms with Gasteiger partial charge in [0.2, 0.25) is 12.7 Å². The Balaban J connectivity index is 0.00000200. The summed E-state index contributed by atoms with van der Waals surface area (Å²) in [7, 11) is 0. The van der Waals surface area contributed by atoms with Crippen LogP contribution in [-0.2, 0) is 10.2 Å². The number of fused-ring (bicyclic) bond motifs is 1. The minimum atomic E-state index is -0.543. The molecule has 1 saturated carbocycles. The van der Waals surface area contributed by atoms with Crippen molar-refractivity contribution >= 4 is 17.5 Å². The number of aliphatic hydroxyl groups is 1. The molecule has 3 aromatic rings. The lowest BCUT2D eigenvalue weighted by Crippen LogP contribution is -2.27. The SMILES string of the molecule is Cc1ccc(NC(=O)C2(c3ccc4c(c3)OCO4)CC2)cc1-c1ccc(C(=O)NCCCCO)cc1.[HH].[HH]. The maximum atomic E-state index is 13.3. The molecule has 5 rings (SSSR count). The number of carbonyl (C=O) groups excluding carboxylic acids is 2. The van der Waals surface area contributed by atoms with Crippen molar-refractivity contribution in [2.75, 3.05) is 25.3 Å². The molecule has 0 atom stereocenters. The summed E-state index contributed by atoms with van der Waals surface area (Å²) >= 11 is 0. The molecule has 3 aromatic carbocycles. The van der Waals surface area contributed by atoms with Crippen molar-refractivity contribution < 1.29 is 27.0 Å². The van der Waals surface area contributed by atoms with Gasteiger partial charge in [-0.25, -0.2) is 0 Å². The van der Waals surface area contributed by atoms with Gasteiger partial charge in [-0.2, -0.15) is 0 Å². The Morgan fingerprint density at radius 2 is 1.75 bits per heavy atom. The van der Waals surface area contributed by atoms with E-state index in [0.29, 0.717) is 30.0 Å².